The molecule has 0 bridgehead atoms. The van der Waals surface area contributed by atoms with Crippen molar-refractivity contribution in [2.45, 2.75) is 6.54 Å². The van der Waals surface area contributed by atoms with Crippen LogP contribution in [-0.2, 0) is 6.54 Å². The molecular weight excluding hydrogens is 260 g/mol. The van der Waals surface area contributed by atoms with Gasteiger partial charge in [0.1, 0.15) is 11.5 Å². The zero-order valence-corrected chi connectivity index (χ0v) is 11.4. The molecule has 0 amide bonds. The monoisotopic (exact) mass is 274 g/mol. The van der Waals surface area contributed by atoms with Crippen LogP contribution in [0.15, 0.2) is 42.6 Å². The van der Waals surface area contributed by atoms with Gasteiger partial charge in [-0.1, -0.05) is 29.8 Å². The highest BCUT2D eigenvalue weighted by molar-refractivity contribution is 6.31. The number of aromatic nitrogens is 1. The Labute approximate surface area is 117 Å². The van der Waals surface area contributed by atoms with Crippen LogP contribution < -0.4 is 10.6 Å². The summed E-state index contributed by atoms with van der Waals surface area (Å²) >= 11 is 6.14. The molecule has 0 radical (unpaired) electrons. The maximum atomic E-state index is 7.40. The molecule has 0 spiro atoms. The quantitative estimate of drug-likeness (QED) is 0.665. The van der Waals surface area contributed by atoms with E-state index in [4.69, 9.17) is 22.7 Å². The molecule has 0 unspecified atom stereocenters. The number of hydrogen-bond donors (Lipinski definition) is 2. The Balaban J connectivity index is 2.20. The number of benzene rings is 1. The molecule has 0 fully saturated rings. The van der Waals surface area contributed by atoms with E-state index in [0.717, 1.165) is 16.3 Å². The van der Waals surface area contributed by atoms with Gasteiger partial charge >= 0.3 is 0 Å². The van der Waals surface area contributed by atoms with Crippen LogP contribution in [-0.4, -0.2) is 17.9 Å². The van der Waals surface area contributed by atoms with E-state index < -0.39 is 0 Å². The smallest absolute Gasteiger partial charge is 0.141 e. The van der Waals surface area contributed by atoms with Crippen LogP contribution in [0, 0.1) is 5.41 Å². The van der Waals surface area contributed by atoms with E-state index in [-0.39, 0.29) is 5.84 Å². The minimum atomic E-state index is -0.0343. The van der Waals surface area contributed by atoms with Gasteiger partial charge in [-0.15, -0.1) is 0 Å². The molecule has 98 valence electrons. The van der Waals surface area contributed by atoms with E-state index in [2.05, 4.69) is 4.98 Å². The zero-order valence-electron chi connectivity index (χ0n) is 10.6. The van der Waals surface area contributed by atoms with E-state index >= 15 is 0 Å². The predicted octanol–water partition coefficient (Wildman–Crippen LogP) is 2.66. The molecule has 2 aromatic rings. The van der Waals surface area contributed by atoms with E-state index in [1.807, 2.05) is 42.3 Å². The fourth-order valence-electron chi connectivity index (χ4n) is 1.78. The van der Waals surface area contributed by atoms with Crippen LogP contribution in [0.2, 0.25) is 5.02 Å². The first-order valence-electron chi connectivity index (χ1n) is 5.83. The number of amidine groups is 1. The average molecular weight is 275 g/mol. The van der Waals surface area contributed by atoms with Gasteiger partial charge in [0, 0.05) is 30.5 Å². The average Bonchev–Trinajstić information content (AvgIpc) is 2.41. The molecule has 1 aromatic heterocycles. The SMILES string of the molecule is CN(Cc1ccccc1Cl)c1ccnc(C(=N)N)c1. The fourth-order valence-corrected chi connectivity index (χ4v) is 1.97. The largest absolute Gasteiger partial charge is 0.382 e. The maximum Gasteiger partial charge on any atom is 0.141 e. The highest BCUT2D eigenvalue weighted by Crippen LogP contribution is 2.20. The molecule has 2 rings (SSSR count). The van der Waals surface area contributed by atoms with Gasteiger partial charge in [0.15, 0.2) is 0 Å². The van der Waals surface area contributed by atoms with Gasteiger partial charge in [-0.05, 0) is 23.8 Å². The Morgan fingerprint density at radius 1 is 1.37 bits per heavy atom. The summed E-state index contributed by atoms with van der Waals surface area (Å²) in [5.74, 6) is -0.0343. The van der Waals surface area contributed by atoms with Gasteiger partial charge in [-0.2, -0.15) is 0 Å². The van der Waals surface area contributed by atoms with Crippen LogP contribution in [0.25, 0.3) is 0 Å². The molecule has 1 aromatic carbocycles. The first-order valence-corrected chi connectivity index (χ1v) is 6.20. The molecule has 0 aliphatic rings. The number of hydrogen-bond acceptors (Lipinski definition) is 3. The number of rotatable bonds is 4. The van der Waals surface area contributed by atoms with E-state index in [0.29, 0.717) is 12.2 Å². The van der Waals surface area contributed by atoms with Crippen molar-refractivity contribution in [1.29, 1.82) is 5.41 Å². The molecule has 3 N–H and O–H groups in total. The molecule has 0 saturated heterocycles. The Morgan fingerprint density at radius 2 is 2.11 bits per heavy atom. The summed E-state index contributed by atoms with van der Waals surface area (Å²) in [6.45, 7) is 0.682. The van der Waals surface area contributed by atoms with Crippen LogP contribution in [0.4, 0.5) is 5.69 Å². The summed E-state index contributed by atoms with van der Waals surface area (Å²) < 4.78 is 0. The van der Waals surface area contributed by atoms with Crippen LogP contribution >= 0.6 is 11.6 Å². The third-order valence-corrected chi connectivity index (χ3v) is 3.19. The summed E-state index contributed by atoms with van der Waals surface area (Å²) in [6, 6.07) is 11.4. The van der Waals surface area contributed by atoms with Crippen LogP contribution in [0.3, 0.4) is 0 Å². The second kappa shape index (κ2) is 5.71. The molecule has 0 saturated carbocycles. The van der Waals surface area contributed by atoms with Crippen molar-refractivity contribution < 1.29 is 0 Å². The van der Waals surface area contributed by atoms with Crippen molar-refractivity contribution in [3.05, 3.63) is 58.9 Å². The van der Waals surface area contributed by atoms with Gasteiger partial charge in [0.05, 0.1) is 0 Å². The first-order chi connectivity index (χ1) is 9.08. The number of pyridine rings is 1. The highest BCUT2D eigenvalue weighted by Gasteiger charge is 2.07. The Hall–Kier alpha value is -2.07. The van der Waals surface area contributed by atoms with Crippen molar-refractivity contribution in [1.82, 2.24) is 4.98 Å². The van der Waals surface area contributed by atoms with Crippen molar-refractivity contribution in [3.63, 3.8) is 0 Å². The van der Waals surface area contributed by atoms with Gasteiger partial charge < -0.3 is 10.6 Å². The van der Waals surface area contributed by atoms with Crippen LogP contribution in [0.1, 0.15) is 11.3 Å². The van der Waals surface area contributed by atoms with E-state index in [9.17, 15) is 0 Å². The van der Waals surface area contributed by atoms with Crippen LogP contribution in [0.5, 0.6) is 0 Å². The normalized spacial score (nSPS) is 10.2. The van der Waals surface area contributed by atoms with Gasteiger partial charge in [0.2, 0.25) is 0 Å². The molecule has 0 atom stereocenters. The molecule has 0 aliphatic heterocycles. The first kappa shape index (κ1) is 13.4. The Bertz CT molecular complexity index is 598. The predicted molar refractivity (Wildman–Crippen MR) is 78.8 cm³/mol. The number of nitrogens with one attached hydrogen (secondary N) is 1. The second-order valence-corrected chi connectivity index (χ2v) is 4.67. The lowest BCUT2D eigenvalue weighted by molar-refractivity contribution is 0.920. The zero-order chi connectivity index (χ0) is 13.8. The number of nitrogens with zero attached hydrogens (tertiary/aromatic N) is 2. The molecule has 4 nitrogen and oxygen atoms in total. The Morgan fingerprint density at radius 3 is 2.79 bits per heavy atom. The van der Waals surface area contributed by atoms with E-state index in [1.54, 1.807) is 12.3 Å². The van der Waals surface area contributed by atoms with Gasteiger partial charge in [-0.25, -0.2) is 0 Å². The number of nitrogens with two attached hydrogens (primary N) is 1. The topological polar surface area (TPSA) is 66.0 Å². The third kappa shape index (κ3) is 3.23. The van der Waals surface area contributed by atoms with Gasteiger partial charge in [0.25, 0.3) is 0 Å². The minimum Gasteiger partial charge on any atom is -0.382 e. The molecule has 19 heavy (non-hydrogen) atoms. The Kier molecular flexibility index (Phi) is 4.02. The third-order valence-electron chi connectivity index (χ3n) is 2.83. The highest BCUT2D eigenvalue weighted by atomic mass is 35.5. The van der Waals surface area contributed by atoms with Crippen molar-refractivity contribution in [3.8, 4) is 0 Å². The minimum absolute atomic E-state index is 0.0343. The lowest BCUT2D eigenvalue weighted by atomic mass is 10.2. The fraction of sp³-hybridized carbons (Fsp3) is 0.143. The second-order valence-electron chi connectivity index (χ2n) is 4.26. The summed E-state index contributed by atoms with van der Waals surface area (Å²) in [7, 11) is 1.96. The number of halogens is 1. The molecule has 5 heteroatoms. The summed E-state index contributed by atoms with van der Waals surface area (Å²) in [4.78, 5) is 6.08. The number of anilines is 1. The van der Waals surface area contributed by atoms with E-state index in [1.165, 1.54) is 0 Å². The molecular formula is C14H15ClN4. The van der Waals surface area contributed by atoms with Crippen molar-refractivity contribution in [2.24, 2.45) is 5.73 Å². The van der Waals surface area contributed by atoms with Crippen molar-refractivity contribution >= 4 is 23.1 Å². The summed E-state index contributed by atoms with van der Waals surface area (Å²) in [6.07, 6.45) is 1.65. The standard InChI is InChI=1S/C14H15ClN4/c1-19(9-10-4-2-3-5-12(10)15)11-6-7-18-13(8-11)14(16)17/h2-8H,9H2,1H3,(H3,16,17). The maximum absolute atomic E-state index is 7.40. The lowest BCUT2D eigenvalue weighted by Crippen LogP contribution is -2.19. The summed E-state index contributed by atoms with van der Waals surface area (Å²) in [5.41, 5.74) is 7.91. The summed E-state index contributed by atoms with van der Waals surface area (Å²) in [5, 5.41) is 8.15. The molecule has 0 aliphatic carbocycles. The number of nitrogen functional groups attached to an aromatic ring is 1. The van der Waals surface area contributed by atoms with Crippen molar-refractivity contribution in [2.75, 3.05) is 11.9 Å². The molecule has 1 heterocycles. The van der Waals surface area contributed by atoms with Gasteiger partial charge in [-0.3, -0.25) is 10.4 Å². The lowest BCUT2D eigenvalue weighted by Gasteiger charge is -2.20.